The maximum atomic E-state index is 13.3. The molecule has 1 aromatic carbocycles. The summed E-state index contributed by atoms with van der Waals surface area (Å²) in [6.07, 6.45) is 0. The third-order valence-electron chi connectivity index (χ3n) is 1.79. The van der Waals surface area contributed by atoms with E-state index in [9.17, 15) is 4.39 Å². The number of hydrogen-bond donors (Lipinski definition) is 2. The fourth-order valence-electron chi connectivity index (χ4n) is 1.19. The molecule has 2 rings (SSSR count). The highest BCUT2D eigenvalue weighted by atomic mass is 35.5. The number of benzene rings is 1. The Hall–Kier alpha value is -1.33. The summed E-state index contributed by atoms with van der Waals surface area (Å²) < 4.78 is 13.3. The number of anilines is 2. The summed E-state index contributed by atoms with van der Waals surface area (Å²) >= 11 is 1.18. The van der Waals surface area contributed by atoms with Crippen LogP contribution in [0.1, 0.15) is 0 Å². The van der Waals surface area contributed by atoms with E-state index in [1.807, 2.05) is 0 Å². The first-order valence-corrected chi connectivity index (χ1v) is 4.77. The normalized spacial score (nSPS) is 9.67. The van der Waals surface area contributed by atoms with Gasteiger partial charge >= 0.3 is 0 Å². The van der Waals surface area contributed by atoms with Crippen LogP contribution in [0.25, 0.3) is 10.4 Å². The van der Waals surface area contributed by atoms with Crippen molar-refractivity contribution in [1.82, 2.24) is 4.98 Å². The molecular weight excluding hydrogens is 237 g/mol. The van der Waals surface area contributed by atoms with Crippen molar-refractivity contribution in [2.45, 2.75) is 0 Å². The standard InChI is InChI=1S/C9H8FN3S.ClH/c10-6-4-2-1-3-5(6)7-8(11)13-9(12)14-7;/h1-4H,11H2,(H2,12,13);1H. The van der Waals surface area contributed by atoms with Gasteiger partial charge in [-0.15, -0.1) is 12.4 Å². The first-order valence-electron chi connectivity index (χ1n) is 3.95. The highest BCUT2D eigenvalue weighted by Crippen LogP contribution is 2.34. The van der Waals surface area contributed by atoms with Gasteiger partial charge in [-0.25, -0.2) is 9.37 Å². The van der Waals surface area contributed by atoms with Crippen molar-refractivity contribution < 1.29 is 4.39 Å². The van der Waals surface area contributed by atoms with E-state index in [1.165, 1.54) is 17.4 Å². The smallest absolute Gasteiger partial charge is 0.182 e. The van der Waals surface area contributed by atoms with Crippen LogP contribution in [-0.4, -0.2) is 4.98 Å². The van der Waals surface area contributed by atoms with Crippen LogP contribution in [0.3, 0.4) is 0 Å². The summed E-state index contributed by atoms with van der Waals surface area (Å²) in [5.74, 6) is -0.0413. The zero-order valence-corrected chi connectivity index (χ0v) is 9.24. The van der Waals surface area contributed by atoms with Gasteiger partial charge in [-0.1, -0.05) is 29.5 Å². The molecule has 0 bridgehead atoms. The highest BCUT2D eigenvalue weighted by molar-refractivity contribution is 7.19. The summed E-state index contributed by atoms with van der Waals surface area (Å²) in [6, 6.07) is 6.40. The molecule has 6 heteroatoms. The topological polar surface area (TPSA) is 64.9 Å². The molecule has 80 valence electrons. The molecule has 0 unspecified atom stereocenters. The lowest BCUT2D eigenvalue weighted by atomic mass is 10.2. The highest BCUT2D eigenvalue weighted by Gasteiger charge is 2.11. The van der Waals surface area contributed by atoms with Gasteiger partial charge in [-0.2, -0.15) is 0 Å². The molecule has 0 saturated heterocycles. The summed E-state index contributed by atoms with van der Waals surface area (Å²) in [6.45, 7) is 0. The first kappa shape index (κ1) is 11.7. The van der Waals surface area contributed by atoms with Crippen molar-refractivity contribution >= 4 is 34.7 Å². The van der Waals surface area contributed by atoms with Gasteiger partial charge in [-0.3, -0.25) is 0 Å². The molecule has 0 aliphatic rings. The summed E-state index contributed by atoms with van der Waals surface area (Å²) in [7, 11) is 0. The third-order valence-corrected chi connectivity index (χ3v) is 2.72. The van der Waals surface area contributed by atoms with Gasteiger partial charge in [0.25, 0.3) is 0 Å². The second-order valence-corrected chi connectivity index (χ2v) is 3.78. The molecule has 3 nitrogen and oxygen atoms in total. The lowest BCUT2D eigenvalue weighted by Gasteiger charge is -1.98. The number of halogens is 2. The van der Waals surface area contributed by atoms with Crippen molar-refractivity contribution in [1.29, 1.82) is 0 Å². The predicted octanol–water partition coefficient (Wildman–Crippen LogP) is 2.54. The van der Waals surface area contributed by atoms with Gasteiger partial charge in [0.2, 0.25) is 0 Å². The van der Waals surface area contributed by atoms with Crippen LogP contribution in [0.15, 0.2) is 24.3 Å². The molecule has 0 fully saturated rings. The Morgan fingerprint density at radius 2 is 1.87 bits per heavy atom. The van der Waals surface area contributed by atoms with Crippen molar-refractivity contribution in [2.24, 2.45) is 0 Å². The third kappa shape index (κ3) is 2.19. The van der Waals surface area contributed by atoms with E-state index in [2.05, 4.69) is 4.98 Å². The van der Waals surface area contributed by atoms with Crippen LogP contribution < -0.4 is 11.5 Å². The average Bonchev–Trinajstić information content (AvgIpc) is 2.46. The van der Waals surface area contributed by atoms with Gasteiger partial charge in [-0.05, 0) is 6.07 Å². The van der Waals surface area contributed by atoms with E-state index < -0.39 is 0 Å². The van der Waals surface area contributed by atoms with E-state index in [0.717, 1.165) is 0 Å². The number of nitrogens with two attached hydrogens (primary N) is 2. The molecular formula is C9H9ClFN3S. The number of nitrogen functional groups attached to an aromatic ring is 2. The maximum Gasteiger partial charge on any atom is 0.182 e. The molecule has 1 aromatic heterocycles. The second-order valence-electron chi connectivity index (χ2n) is 2.75. The Bertz CT molecular complexity index is 472. The van der Waals surface area contributed by atoms with Crippen molar-refractivity contribution in [2.75, 3.05) is 11.5 Å². The van der Waals surface area contributed by atoms with Gasteiger partial charge in [0.05, 0.1) is 4.88 Å². The molecule has 0 saturated carbocycles. The zero-order chi connectivity index (χ0) is 10.1. The van der Waals surface area contributed by atoms with E-state index >= 15 is 0 Å². The number of hydrogen-bond acceptors (Lipinski definition) is 4. The Morgan fingerprint density at radius 3 is 2.40 bits per heavy atom. The van der Waals surface area contributed by atoms with E-state index in [4.69, 9.17) is 11.5 Å². The molecule has 0 spiro atoms. The summed E-state index contributed by atoms with van der Waals surface area (Å²) in [5.41, 5.74) is 11.5. The minimum Gasteiger partial charge on any atom is -0.382 e. The molecule has 15 heavy (non-hydrogen) atoms. The quantitative estimate of drug-likeness (QED) is 0.812. The molecule has 0 atom stereocenters. The lowest BCUT2D eigenvalue weighted by molar-refractivity contribution is 0.632. The second kappa shape index (κ2) is 4.46. The van der Waals surface area contributed by atoms with Crippen LogP contribution in [-0.2, 0) is 0 Å². The van der Waals surface area contributed by atoms with Gasteiger partial charge in [0.1, 0.15) is 11.6 Å². The molecule has 2 aromatic rings. The van der Waals surface area contributed by atoms with Crippen molar-refractivity contribution in [3.8, 4) is 10.4 Å². The monoisotopic (exact) mass is 245 g/mol. The number of aromatic nitrogens is 1. The van der Waals surface area contributed by atoms with Gasteiger partial charge < -0.3 is 11.5 Å². The molecule has 0 aliphatic heterocycles. The SMILES string of the molecule is Cl.Nc1nc(N)c(-c2ccccc2F)s1. The zero-order valence-electron chi connectivity index (χ0n) is 7.61. The van der Waals surface area contributed by atoms with Gasteiger partial charge in [0, 0.05) is 5.56 Å². The Labute approximate surface area is 96.3 Å². The fraction of sp³-hybridized carbons (Fsp3) is 0. The van der Waals surface area contributed by atoms with Crippen LogP contribution in [0.4, 0.5) is 15.3 Å². The molecule has 0 aliphatic carbocycles. The minimum atomic E-state index is -0.317. The van der Waals surface area contributed by atoms with Crippen molar-refractivity contribution in [3.05, 3.63) is 30.1 Å². The summed E-state index contributed by atoms with van der Waals surface area (Å²) in [4.78, 5) is 4.42. The maximum absolute atomic E-state index is 13.3. The Kier molecular flexibility index (Phi) is 3.49. The van der Waals surface area contributed by atoms with Crippen LogP contribution in [0, 0.1) is 5.82 Å². The van der Waals surface area contributed by atoms with Crippen LogP contribution >= 0.6 is 23.7 Å². The van der Waals surface area contributed by atoms with Crippen molar-refractivity contribution in [3.63, 3.8) is 0 Å². The van der Waals surface area contributed by atoms with Crippen LogP contribution in [0.5, 0.6) is 0 Å². The number of nitrogens with zero attached hydrogens (tertiary/aromatic N) is 1. The fourth-order valence-corrected chi connectivity index (χ4v) is 1.97. The van der Waals surface area contributed by atoms with E-state index in [1.54, 1.807) is 18.2 Å². The van der Waals surface area contributed by atoms with E-state index in [0.29, 0.717) is 15.6 Å². The molecule has 1 heterocycles. The molecule has 0 amide bonds. The largest absolute Gasteiger partial charge is 0.382 e. The van der Waals surface area contributed by atoms with Gasteiger partial charge in [0.15, 0.2) is 5.13 Å². The lowest BCUT2D eigenvalue weighted by Crippen LogP contribution is -1.89. The Balaban J connectivity index is 0.00000112. The molecule has 4 N–H and O–H groups in total. The van der Waals surface area contributed by atoms with E-state index in [-0.39, 0.29) is 24.0 Å². The number of rotatable bonds is 1. The Morgan fingerprint density at radius 1 is 1.20 bits per heavy atom. The van der Waals surface area contributed by atoms with Crippen LogP contribution in [0.2, 0.25) is 0 Å². The number of thiazole rings is 1. The minimum absolute atomic E-state index is 0. The summed E-state index contributed by atoms with van der Waals surface area (Å²) in [5, 5.41) is 0.348. The average molecular weight is 246 g/mol. The predicted molar refractivity (Wildman–Crippen MR) is 63.6 cm³/mol. The first-order chi connectivity index (χ1) is 6.68. The molecule has 0 radical (unpaired) electrons.